The van der Waals surface area contributed by atoms with Crippen LogP contribution in [-0.2, 0) is 6.42 Å². The minimum Gasteiger partial charge on any atom is -0.313 e. The summed E-state index contributed by atoms with van der Waals surface area (Å²) in [5, 5.41) is 3.24. The van der Waals surface area contributed by atoms with Crippen LogP contribution in [0, 0.1) is 25.5 Å². The van der Waals surface area contributed by atoms with Crippen LogP contribution in [-0.4, -0.2) is 7.05 Å². The third kappa shape index (κ3) is 3.69. The van der Waals surface area contributed by atoms with E-state index < -0.39 is 11.6 Å². The van der Waals surface area contributed by atoms with Gasteiger partial charge >= 0.3 is 0 Å². The second kappa shape index (κ2) is 6.67. The minimum absolute atomic E-state index is 0.0559. The molecule has 4 heteroatoms. The normalized spacial score (nSPS) is 12.5. The fourth-order valence-electron chi connectivity index (χ4n) is 2.47. The summed E-state index contributed by atoms with van der Waals surface area (Å²) >= 11 is 3.56. The number of likely N-dealkylation sites (N-methyl/N-ethyl adjacent to an activating group) is 1. The fraction of sp³-hybridized carbons (Fsp3) is 0.294. The van der Waals surface area contributed by atoms with Gasteiger partial charge in [-0.2, -0.15) is 0 Å². The molecule has 112 valence electrons. The second-order valence-corrected chi connectivity index (χ2v) is 6.06. The van der Waals surface area contributed by atoms with E-state index in [0.29, 0.717) is 6.42 Å². The van der Waals surface area contributed by atoms with Gasteiger partial charge in [0.25, 0.3) is 0 Å². The van der Waals surface area contributed by atoms with Crippen LogP contribution in [0.1, 0.15) is 28.3 Å². The highest BCUT2D eigenvalue weighted by molar-refractivity contribution is 9.10. The molecule has 0 aliphatic carbocycles. The number of halogens is 3. The summed E-state index contributed by atoms with van der Waals surface area (Å²) < 4.78 is 27.4. The Morgan fingerprint density at radius 2 is 1.67 bits per heavy atom. The average molecular weight is 354 g/mol. The number of hydrogen-bond donors (Lipinski definition) is 1. The van der Waals surface area contributed by atoms with Crippen molar-refractivity contribution < 1.29 is 8.78 Å². The zero-order chi connectivity index (χ0) is 15.6. The van der Waals surface area contributed by atoms with Crippen molar-refractivity contribution in [3.63, 3.8) is 0 Å². The lowest BCUT2D eigenvalue weighted by atomic mass is 9.96. The molecule has 0 saturated heterocycles. The van der Waals surface area contributed by atoms with E-state index in [4.69, 9.17) is 0 Å². The first kappa shape index (κ1) is 16.1. The van der Waals surface area contributed by atoms with Crippen molar-refractivity contribution in [1.82, 2.24) is 5.32 Å². The Kier molecular flexibility index (Phi) is 5.12. The van der Waals surface area contributed by atoms with Crippen molar-refractivity contribution >= 4 is 15.9 Å². The van der Waals surface area contributed by atoms with Gasteiger partial charge in [0.15, 0.2) is 11.6 Å². The zero-order valence-corrected chi connectivity index (χ0v) is 13.9. The van der Waals surface area contributed by atoms with Crippen molar-refractivity contribution in [2.75, 3.05) is 7.05 Å². The Bertz CT molecular complexity index is 632. The summed E-state index contributed by atoms with van der Waals surface area (Å²) in [7, 11) is 1.87. The molecule has 0 amide bonds. The van der Waals surface area contributed by atoms with Crippen LogP contribution < -0.4 is 5.32 Å². The highest BCUT2D eigenvalue weighted by atomic mass is 79.9. The molecule has 0 saturated carbocycles. The molecule has 1 N–H and O–H groups in total. The first-order valence-corrected chi connectivity index (χ1v) is 7.59. The van der Waals surface area contributed by atoms with E-state index in [1.165, 1.54) is 12.1 Å². The molecular weight excluding hydrogens is 336 g/mol. The van der Waals surface area contributed by atoms with Crippen molar-refractivity contribution in [1.29, 1.82) is 0 Å². The lowest BCUT2D eigenvalue weighted by molar-refractivity contribution is 0.504. The second-order valence-electron chi connectivity index (χ2n) is 5.26. The van der Waals surface area contributed by atoms with E-state index in [1.807, 2.05) is 20.9 Å². The number of benzene rings is 2. The average Bonchev–Trinajstić information content (AvgIpc) is 2.45. The first-order chi connectivity index (χ1) is 9.92. The lowest BCUT2D eigenvalue weighted by Gasteiger charge is -2.19. The molecule has 0 aliphatic heterocycles. The van der Waals surface area contributed by atoms with Crippen molar-refractivity contribution in [3.8, 4) is 0 Å². The molecule has 0 aromatic heterocycles. The van der Waals surface area contributed by atoms with Crippen LogP contribution in [0.2, 0.25) is 0 Å². The molecule has 1 nitrogen and oxygen atoms in total. The number of hydrogen-bond acceptors (Lipinski definition) is 1. The van der Waals surface area contributed by atoms with Crippen molar-refractivity contribution in [2.24, 2.45) is 0 Å². The van der Waals surface area contributed by atoms with Crippen LogP contribution in [0.4, 0.5) is 8.78 Å². The SMILES string of the molecule is CNC(Cc1ccc(F)c(F)c1)c1cc(C)c(Br)c(C)c1. The van der Waals surface area contributed by atoms with E-state index >= 15 is 0 Å². The smallest absolute Gasteiger partial charge is 0.159 e. The Hall–Kier alpha value is -1.26. The standard InChI is InChI=1S/C17H18BrF2N/c1-10-6-13(7-11(2)17(10)18)16(21-3)9-12-4-5-14(19)15(20)8-12/h4-8,16,21H,9H2,1-3H3. The monoisotopic (exact) mass is 353 g/mol. The summed E-state index contributed by atoms with van der Waals surface area (Å²) in [5.41, 5.74) is 4.23. The minimum atomic E-state index is -0.810. The fourth-order valence-corrected chi connectivity index (χ4v) is 2.70. The Balaban J connectivity index is 2.29. The van der Waals surface area contributed by atoms with Gasteiger partial charge in [0, 0.05) is 10.5 Å². The summed E-state index contributed by atoms with van der Waals surface area (Å²) in [6.45, 7) is 4.09. The van der Waals surface area contributed by atoms with Crippen LogP contribution in [0.3, 0.4) is 0 Å². The van der Waals surface area contributed by atoms with E-state index in [-0.39, 0.29) is 6.04 Å². The van der Waals surface area contributed by atoms with Crippen LogP contribution in [0.5, 0.6) is 0 Å². The van der Waals surface area contributed by atoms with Gasteiger partial charge in [-0.15, -0.1) is 0 Å². The third-order valence-corrected chi connectivity index (χ3v) is 4.88. The van der Waals surface area contributed by atoms with E-state index in [1.54, 1.807) is 6.07 Å². The van der Waals surface area contributed by atoms with E-state index in [0.717, 1.165) is 26.7 Å². The topological polar surface area (TPSA) is 12.0 Å². The molecule has 0 radical (unpaired) electrons. The Morgan fingerprint density at radius 1 is 1.05 bits per heavy atom. The van der Waals surface area contributed by atoms with Crippen LogP contribution in [0.25, 0.3) is 0 Å². The third-order valence-electron chi connectivity index (χ3n) is 3.63. The number of nitrogens with one attached hydrogen (secondary N) is 1. The number of aryl methyl sites for hydroxylation is 2. The molecule has 0 aliphatic rings. The molecular formula is C17H18BrF2N. The predicted octanol–water partition coefficient (Wildman–Crippen LogP) is 4.85. The van der Waals surface area contributed by atoms with E-state index in [2.05, 4.69) is 33.4 Å². The summed E-state index contributed by atoms with van der Waals surface area (Å²) in [4.78, 5) is 0. The Morgan fingerprint density at radius 3 is 2.19 bits per heavy atom. The number of rotatable bonds is 4. The van der Waals surface area contributed by atoms with Crippen LogP contribution >= 0.6 is 15.9 Å². The van der Waals surface area contributed by atoms with E-state index in [9.17, 15) is 8.78 Å². The van der Waals surface area contributed by atoms with Crippen molar-refractivity contribution in [2.45, 2.75) is 26.3 Å². The van der Waals surface area contributed by atoms with Gasteiger partial charge in [0.05, 0.1) is 0 Å². The maximum absolute atomic E-state index is 13.3. The molecule has 0 spiro atoms. The molecule has 2 rings (SSSR count). The molecule has 1 atom stereocenters. The van der Waals surface area contributed by atoms with Gasteiger partial charge in [-0.25, -0.2) is 8.78 Å². The molecule has 2 aromatic carbocycles. The molecule has 0 bridgehead atoms. The van der Waals surface area contributed by atoms with Crippen molar-refractivity contribution in [3.05, 3.63) is 68.7 Å². The van der Waals surface area contributed by atoms with Gasteiger partial charge in [0.2, 0.25) is 0 Å². The summed E-state index contributed by atoms with van der Waals surface area (Å²) in [6, 6.07) is 8.34. The maximum Gasteiger partial charge on any atom is 0.159 e. The maximum atomic E-state index is 13.3. The first-order valence-electron chi connectivity index (χ1n) is 6.80. The predicted molar refractivity (Wildman–Crippen MR) is 85.5 cm³/mol. The molecule has 0 heterocycles. The van der Waals surface area contributed by atoms with Gasteiger partial charge in [-0.05, 0) is 61.7 Å². The highest BCUT2D eigenvalue weighted by Gasteiger charge is 2.14. The molecule has 0 fully saturated rings. The summed E-state index contributed by atoms with van der Waals surface area (Å²) in [5.74, 6) is -1.61. The Labute approximate surface area is 132 Å². The molecule has 21 heavy (non-hydrogen) atoms. The van der Waals surface area contributed by atoms with Gasteiger partial charge in [0.1, 0.15) is 0 Å². The van der Waals surface area contributed by atoms with Gasteiger partial charge < -0.3 is 5.32 Å². The largest absolute Gasteiger partial charge is 0.313 e. The zero-order valence-electron chi connectivity index (χ0n) is 12.3. The summed E-state index contributed by atoms with van der Waals surface area (Å²) in [6.07, 6.45) is 0.605. The molecule has 1 unspecified atom stereocenters. The lowest BCUT2D eigenvalue weighted by Crippen LogP contribution is -2.19. The van der Waals surface area contributed by atoms with Gasteiger partial charge in [-0.3, -0.25) is 0 Å². The highest BCUT2D eigenvalue weighted by Crippen LogP contribution is 2.27. The van der Waals surface area contributed by atoms with Crippen LogP contribution in [0.15, 0.2) is 34.8 Å². The van der Waals surface area contributed by atoms with Gasteiger partial charge in [-0.1, -0.05) is 34.1 Å². The molecule has 2 aromatic rings. The quantitative estimate of drug-likeness (QED) is 0.828.